The first kappa shape index (κ1) is 16.7. The molecule has 0 radical (unpaired) electrons. The van der Waals surface area contributed by atoms with Crippen molar-refractivity contribution in [3.63, 3.8) is 0 Å². The predicted molar refractivity (Wildman–Crippen MR) is 75.0 cm³/mol. The van der Waals surface area contributed by atoms with E-state index < -0.39 is 17.2 Å². The molecule has 0 fully saturated rings. The molecular weight excluding hydrogens is 278 g/mol. The number of hydrogen-bond acceptors (Lipinski definition) is 4. The minimum atomic E-state index is -0.830. The second-order valence-corrected chi connectivity index (χ2v) is 4.97. The van der Waals surface area contributed by atoms with Gasteiger partial charge in [0.1, 0.15) is 0 Å². The molecule has 1 amide bonds. The van der Waals surface area contributed by atoms with Crippen molar-refractivity contribution in [2.45, 2.75) is 32.6 Å². The third kappa shape index (κ3) is 7.09. The number of carboxylic acids is 1. The zero-order valence-corrected chi connectivity index (χ0v) is 11.8. The number of H-pyrrole nitrogens is 2. The Morgan fingerprint density at radius 3 is 2.62 bits per heavy atom. The first-order valence-corrected chi connectivity index (χ1v) is 6.68. The molecule has 1 aromatic rings. The molecule has 116 valence electrons. The fourth-order valence-corrected chi connectivity index (χ4v) is 1.82. The second-order valence-electron chi connectivity index (χ2n) is 4.97. The van der Waals surface area contributed by atoms with E-state index in [-0.39, 0.29) is 30.4 Å². The molecule has 8 nitrogen and oxygen atoms in total. The first-order chi connectivity index (χ1) is 9.86. The quantitative estimate of drug-likeness (QED) is 0.519. The number of carbonyl (C=O) groups is 2. The van der Waals surface area contributed by atoms with Gasteiger partial charge in [-0.2, -0.15) is 0 Å². The Balaban J connectivity index is 2.32. The Hall–Kier alpha value is -2.38. The standard InChI is InChI=1S/C13H19N3O5/c1-8(2-3-12(19)20)4-5-14-10(17)6-9-7-11(18)16-13(21)15-9/h7-8H,2-6H2,1H3,(H,14,17)(H,19,20)(H2,15,16,18,21). The van der Waals surface area contributed by atoms with Gasteiger partial charge >= 0.3 is 11.7 Å². The second kappa shape index (κ2) is 8.03. The lowest BCUT2D eigenvalue weighted by Crippen LogP contribution is -2.30. The van der Waals surface area contributed by atoms with Crippen molar-refractivity contribution in [1.29, 1.82) is 0 Å². The highest BCUT2D eigenvalue weighted by atomic mass is 16.4. The van der Waals surface area contributed by atoms with E-state index in [4.69, 9.17) is 5.11 Å². The fourth-order valence-electron chi connectivity index (χ4n) is 1.82. The Morgan fingerprint density at radius 2 is 2.00 bits per heavy atom. The molecule has 1 aromatic heterocycles. The highest BCUT2D eigenvalue weighted by Crippen LogP contribution is 2.09. The van der Waals surface area contributed by atoms with Gasteiger partial charge in [-0.1, -0.05) is 6.92 Å². The highest BCUT2D eigenvalue weighted by Gasteiger charge is 2.08. The topological polar surface area (TPSA) is 132 Å². The lowest BCUT2D eigenvalue weighted by Gasteiger charge is -2.10. The maximum atomic E-state index is 11.6. The van der Waals surface area contributed by atoms with Gasteiger partial charge in [-0.15, -0.1) is 0 Å². The van der Waals surface area contributed by atoms with Gasteiger partial charge < -0.3 is 15.4 Å². The molecule has 0 aliphatic heterocycles. The van der Waals surface area contributed by atoms with E-state index in [1.54, 1.807) is 0 Å². The number of hydrogen-bond donors (Lipinski definition) is 4. The number of nitrogens with one attached hydrogen (secondary N) is 3. The zero-order chi connectivity index (χ0) is 15.8. The minimum absolute atomic E-state index is 0.0807. The van der Waals surface area contributed by atoms with Gasteiger partial charge in [0.15, 0.2) is 0 Å². The zero-order valence-electron chi connectivity index (χ0n) is 11.8. The van der Waals surface area contributed by atoms with Crippen LogP contribution in [-0.4, -0.2) is 33.5 Å². The molecule has 4 N–H and O–H groups in total. The largest absolute Gasteiger partial charge is 0.481 e. The molecule has 0 aliphatic carbocycles. The molecule has 1 atom stereocenters. The molecule has 8 heteroatoms. The third-order valence-electron chi connectivity index (χ3n) is 2.98. The number of rotatable bonds is 8. The Morgan fingerprint density at radius 1 is 1.29 bits per heavy atom. The number of aromatic nitrogens is 2. The molecule has 0 spiro atoms. The summed E-state index contributed by atoms with van der Waals surface area (Å²) in [4.78, 5) is 48.6. The van der Waals surface area contributed by atoms with Crippen LogP contribution in [0.4, 0.5) is 0 Å². The summed E-state index contributed by atoms with van der Waals surface area (Å²) in [6.07, 6.45) is 1.27. The number of carboxylic acid groups (broad SMARTS) is 1. The monoisotopic (exact) mass is 297 g/mol. The van der Waals surface area contributed by atoms with E-state index in [2.05, 4.69) is 10.3 Å². The number of amides is 1. The van der Waals surface area contributed by atoms with Crippen LogP contribution < -0.4 is 16.6 Å². The van der Waals surface area contributed by atoms with E-state index in [1.165, 1.54) is 0 Å². The number of aliphatic carboxylic acids is 1. The SMILES string of the molecule is CC(CCNC(=O)Cc1cc(=O)[nH]c(=O)[nH]1)CCC(=O)O. The molecule has 0 saturated carbocycles. The summed E-state index contributed by atoms with van der Waals surface area (Å²) in [6, 6.07) is 1.16. The van der Waals surface area contributed by atoms with Crippen LogP contribution in [-0.2, 0) is 16.0 Å². The molecule has 21 heavy (non-hydrogen) atoms. The van der Waals surface area contributed by atoms with Gasteiger partial charge in [0, 0.05) is 24.7 Å². The van der Waals surface area contributed by atoms with E-state index in [1.807, 2.05) is 11.9 Å². The van der Waals surface area contributed by atoms with Crippen LogP contribution in [0.25, 0.3) is 0 Å². The van der Waals surface area contributed by atoms with Gasteiger partial charge in [-0.05, 0) is 18.8 Å². The Bertz CT molecular complexity index is 576. The summed E-state index contributed by atoms with van der Waals surface area (Å²) in [5.41, 5.74) is -0.948. The molecule has 0 aliphatic rings. The molecule has 0 aromatic carbocycles. The Labute approximate surface area is 120 Å². The molecule has 1 unspecified atom stereocenters. The summed E-state index contributed by atoms with van der Waals surface area (Å²) in [7, 11) is 0. The molecule has 1 heterocycles. The lowest BCUT2D eigenvalue weighted by atomic mass is 10.0. The highest BCUT2D eigenvalue weighted by molar-refractivity contribution is 5.77. The normalized spacial score (nSPS) is 11.9. The van der Waals surface area contributed by atoms with E-state index in [0.29, 0.717) is 19.4 Å². The maximum absolute atomic E-state index is 11.6. The van der Waals surface area contributed by atoms with Crippen molar-refractivity contribution < 1.29 is 14.7 Å². The van der Waals surface area contributed by atoms with Gasteiger partial charge in [0.2, 0.25) is 5.91 Å². The fraction of sp³-hybridized carbons (Fsp3) is 0.538. The molecule has 0 bridgehead atoms. The summed E-state index contributed by atoms with van der Waals surface area (Å²) < 4.78 is 0. The predicted octanol–water partition coefficient (Wildman–Crippen LogP) is -0.387. The average Bonchev–Trinajstić information content (AvgIpc) is 2.34. The van der Waals surface area contributed by atoms with Crippen LogP contribution in [0.15, 0.2) is 15.7 Å². The minimum Gasteiger partial charge on any atom is -0.481 e. The summed E-state index contributed by atoms with van der Waals surface area (Å²) in [5, 5.41) is 11.2. The average molecular weight is 297 g/mol. The maximum Gasteiger partial charge on any atom is 0.325 e. The van der Waals surface area contributed by atoms with Gasteiger partial charge in [-0.25, -0.2) is 4.79 Å². The molecule has 1 rings (SSSR count). The van der Waals surface area contributed by atoms with Crippen LogP contribution in [0.5, 0.6) is 0 Å². The van der Waals surface area contributed by atoms with Gasteiger partial charge in [0.25, 0.3) is 5.56 Å². The van der Waals surface area contributed by atoms with Crippen molar-refractivity contribution in [3.8, 4) is 0 Å². The van der Waals surface area contributed by atoms with Crippen LogP contribution in [0, 0.1) is 5.92 Å². The summed E-state index contributed by atoms with van der Waals surface area (Å²) >= 11 is 0. The third-order valence-corrected chi connectivity index (χ3v) is 2.98. The van der Waals surface area contributed by atoms with Gasteiger partial charge in [0.05, 0.1) is 6.42 Å². The first-order valence-electron chi connectivity index (χ1n) is 6.68. The molecule has 0 saturated heterocycles. The van der Waals surface area contributed by atoms with Crippen LogP contribution >= 0.6 is 0 Å². The van der Waals surface area contributed by atoms with Crippen LogP contribution in [0.2, 0.25) is 0 Å². The smallest absolute Gasteiger partial charge is 0.325 e. The summed E-state index contributed by atoms with van der Waals surface area (Å²) in [5.74, 6) is -0.938. The van der Waals surface area contributed by atoms with E-state index in [9.17, 15) is 19.2 Å². The van der Waals surface area contributed by atoms with Crippen LogP contribution in [0.3, 0.4) is 0 Å². The van der Waals surface area contributed by atoms with Crippen LogP contribution in [0.1, 0.15) is 31.9 Å². The number of carbonyl (C=O) groups excluding carboxylic acids is 1. The molecular formula is C13H19N3O5. The summed E-state index contributed by atoms with van der Waals surface area (Å²) in [6.45, 7) is 2.34. The number of aromatic amines is 2. The van der Waals surface area contributed by atoms with Crippen molar-refractivity contribution >= 4 is 11.9 Å². The lowest BCUT2D eigenvalue weighted by molar-refractivity contribution is -0.137. The van der Waals surface area contributed by atoms with Crippen molar-refractivity contribution in [2.75, 3.05) is 6.54 Å². The Kier molecular flexibility index (Phi) is 6.38. The van der Waals surface area contributed by atoms with Crippen molar-refractivity contribution in [1.82, 2.24) is 15.3 Å². The van der Waals surface area contributed by atoms with Crippen molar-refractivity contribution in [2.24, 2.45) is 5.92 Å². The van der Waals surface area contributed by atoms with Crippen molar-refractivity contribution in [3.05, 3.63) is 32.6 Å². The van der Waals surface area contributed by atoms with E-state index in [0.717, 1.165) is 6.07 Å². The van der Waals surface area contributed by atoms with Gasteiger partial charge in [-0.3, -0.25) is 19.4 Å². The van der Waals surface area contributed by atoms with E-state index >= 15 is 0 Å².